The van der Waals surface area contributed by atoms with Crippen molar-refractivity contribution in [3.05, 3.63) is 254 Å². The van der Waals surface area contributed by atoms with E-state index in [9.17, 15) is 0 Å². The molecule has 0 spiro atoms. The Bertz CT molecular complexity index is 3650. The maximum atomic E-state index is 15.4. The molecular weight excluding hydrogens is 820 g/mol. The van der Waals surface area contributed by atoms with Crippen LogP contribution in [0.25, 0.3) is 75.8 Å². The maximum absolute atomic E-state index is 15.4. The van der Waals surface area contributed by atoms with Crippen molar-refractivity contribution in [1.29, 1.82) is 0 Å². The quantitative estimate of drug-likeness (QED) is 0.116. The van der Waals surface area contributed by atoms with Gasteiger partial charge in [0, 0.05) is 11.1 Å². The molecule has 0 saturated heterocycles. The van der Waals surface area contributed by atoms with Crippen LogP contribution in [0.3, 0.4) is 0 Å². The minimum Gasteiger partial charge on any atom is -0.327 e. The number of benzene rings is 12. The normalized spacial score (nSPS) is 11.7. The lowest BCUT2D eigenvalue weighted by Gasteiger charge is -2.27. The van der Waals surface area contributed by atoms with E-state index in [0.717, 1.165) is 81.8 Å². The van der Waals surface area contributed by atoms with Crippen LogP contribution in [0.1, 0.15) is 17.2 Å². The molecule has 0 atom stereocenters. The summed E-state index contributed by atoms with van der Waals surface area (Å²) in [5.74, 6) is 0. The second kappa shape index (κ2) is 16.8. The van der Waals surface area contributed by atoms with Crippen LogP contribution < -0.4 is 26.5 Å². The molecule has 0 aliphatic carbocycles. The number of hydrogen-bond donors (Lipinski definition) is 2. The number of fused-ring (bicyclic) bond motifs is 8. The monoisotopic (exact) mass is 862 g/mol. The van der Waals surface area contributed by atoms with Crippen LogP contribution in [-0.4, -0.2) is 6.03 Å². The van der Waals surface area contributed by atoms with Crippen LogP contribution in [0.5, 0.6) is 0 Å². The molecule has 0 heterocycles. The first kappa shape index (κ1) is 39.5. The number of hydrogen-bond acceptors (Lipinski definition) is 1. The number of rotatable bonds is 8. The summed E-state index contributed by atoms with van der Waals surface area (Å²) in [6.07, 6.45) is 0. The van der Waals surface area contributed by atoms with Gasteiger partial charge in [-0.3, -0.25) is 0 Å². The SMILES string of the molecule is O=C(Nc1ccc2ccccc2c1-c1c(P(c2ccccc2)c2ccccc2)ccc2ccccc12)NC(c1cc2ccccc2c2ccccc12)c1cc2ccccc2c2ccccc12. The lowest BCUT2D eigenvalue weighted by atomic mass is 9.86. The van der Waals surface area contributed by atoms with E-state index in [0.29, 0.717) is 0 Å². The van der Waals surface area contributed by atoms with E-state index in [1.165, 1.54) is 26.7 Å². The maximum Gasteiger partial charge on any atom is 0.320 e. The summed E-state index contributed by atoms with van der Waals surface area (Å²) in [6.45, 7) is 0. The molecule has 12 rings (SSSR count). The molecule has 0 bridgehead atoms. The zero-order valence-electron chi connectivity index (χ0n) is 36.0. The van der Waals surface area contributed by atoms with Gasteiger partial charge in [-0.15, -0.1) is 0 Å². The fourth-order valence-electron chi connectivity index (χ4n) is 10.2. The predicted octanol–water partition coefficient (Wildman–Crippen LogP) is 14.9. The molecule has 12 aromatic rings. The van der Waals surface area contributed by atoms with Gasteiger partial charge in [-0.2, -0.15) is 0 Å². The number of nitrogens with one attached hydrogen (secondary N) is 2. The highest BCUT2D eigenvalue weighted by Crippen LogP contribution is 2.45. The van der Waals surface area contributed by atoms with Crippen molar-refractivity contribution >= 4 is 100 Å². The van der Waals surface area contributed by atoms with Crippen molar-refractivity contribution in [2.24, 2.45) is 0 Å². The van der Waals surface area contributed by atoms with Gasteiger partial charge in [-0.25, -0.2) is 4.79 Å². The third-order valence-corrected chi connectivity index (χ3v) is 15.6. The summed E-state index contributed by atoms with van der Waals surface area (Å²) in [5.41, 5.74) is 4.93. The van der Waals surface area contributed by atoms with E-state index in [2.05, 4.69) is 253 Å². The third-order valence-electron chi connectivity index (χ3n) is 13.1. The van der Waals surface area contributed by atoms with Gasteiger partial charge in [0.2, 0.25) is 0 Å². The zero-order chi connectivity index (χ0) is 44.0. The smallest absolute Gasteiger partial charge is 0.320 e. The number of anilines is 1. The molecular formula is C62H43N2OP. The minimum atomic E-state index is -1.02. The second-order valence-corrected chi connectivity index (χ2v) is 19.1. The molecule has 0 saturated carbocycles. The Kier molecular flexibility index (Phi) is 10.0. The fourth-order valence-corrected chi connectivity index (χ4v) is 12.7. The largest absolute Gasteiger partial charge is 0.327 e. The molecule has 0 radical (unpaired) electrons. The minimum absolute atomic E-state index is 0.291. The van der Waals surface area contributed by atoms with Crippen molar-refractivity contribution in [3.8, 4) is 11.1 Å². The Morgan fingerprint density at radius 3 is 1.26 bits per heavy atom. The number of urea groups is 1. The lowest BCUT2D eigenvalue weighted by Crippen LogP contribution is -2.33. The molecule has 4 heteroatoms. The summed E-state index contributed by atoms with van der Waals surface area (Å²) >= 11 is 0. The van der Waals surface area contributed by atoms with Crippen molar-refractivity contribution in [1.82, 2.24) is 5.32 Å². The summed E-state index contributed by atoms with van der Waals surface area (Å²) in [4.78, 5) is 15.4. The fraction of sp³-hybridized carbons (Fsp3) is 0.0161. The van der Waals surface area contributed by atoms with Crippen LogP contribution in [-0.2, 0) is 0 Å². The average Bonchev–Trinajstić information content (AvgIpc) is 3.38. The van der Waals surface area contributed by atoms with E-state index in [1.807, 2.05) is 0 Å². The van der Waals surface area contributed by atoms with Gasteiger partial charge in [-0.05, 0) is 118 Å². The first-order chi connectivity index (χ1) is 32.7. The predicted molar refractivity (Wildman–Crippen MR) is 283 cm³/mol. The summed E-state index contributed by atoms with van der Waals surface area (Å²) < 4.78 is 0. The molecule has 0 aliphatic rings. The van der Waals surface area contributed by atoms with Gasteiger partial charge in [0.1, 0.15) is 0 Å². The Morgan fingerprint density at radius 2 is 0.742 bits per heavy atom. The zero-order valence-corrected chi connectivity index (χ0v) is 36.9. The highest BCUT2D eigenvalue weighted by molar-refractivity contribution is 7.80. The first-order valence-electron chi connectivity index (χ1n) is 22.5. The molecule has 66 heavy (non-hydrogen) atoms. The molecule has 0 aliphatic heterocycles. The molecule has 12 aromatic carbocycles. The van der Waals surface area contributed by atoms with Gasteiger partial charge < -0.3 is 10.6 Å². The highest BCUT2D eigenvalue weighted by atomic mass is 31.1. The molecule has 312 valence electrons. The Morgan fingerprint density at radius 1 is 0.348 bits per heavy atom. The van der Waals surface area contributed by atoms with Crippen LogP contribution in [0.15, 0.2) is 243 Å². The van der Waals surface area contributed by atoms with Gasteiger partial charge in [-0.1, -0.05) is 224 Å². The Balaban J connectivity index is 1.07. The summed E-state index contributed by atoms with van der Waals surface area (Å²) in [5, 5.41) is 24.4. The van der Waals surface area contributed by atoms with Crippen molar-refractivity contribution < 1.29 is 4.79 Å². The van der Waals surface area contributed by atoms with Crippen molar-refractivity contribution in [3.63, 3.8) is 0 Å². The molecule has 2 amide bonds. The van der Waals surface area contributed by atoms with Gasteiger partial charge in [0.25, 0.3) is 0 Å². The summed E-state index contributed by atoms with van der Waals surface area (Å²) in [6, 6.07) is 85.7. The van der Waals surface area contributed by atoms with Crippen LogP contribution >= 0.6 is 7.92 Å². The Labute approximate surface area is 384 Å². The van der Waals surface area contributed by atoms with Gasteiger partial charge in [0.05, 0.1) is 11.7 Å². The molecule has 0 fully saturated rings. The van der Waals surface area contributed by atoms with E-state index in [4.69, 9.17) is 0 Å². The van der Waals surface area contributed by atoms with E-state index in [1.54, 1.807) is 0 Å². The highest BCUT2D eigenvalue weighted by Gasteiger charge is 2.27. The first-order valence-corrected chi connectivity index (χ1v) is 23.8. The number of amides is 2. The van der Waals surface area contributed by atoms with Gasteiger partial charge >= 0.3 is 6.03 Å². The van der Waals surface area contributed by atoms with Crippen LogP contribution in [0, 0.1) is 0 Å². The molecule has 3 nitrogen and oxygen atoms in total. The topological polar surface area (TPSA) is 41.1 Å². The van der Waals surface area contributed by atoms with E-state index in [-0.39, 0.29) is 6.03 Å². The van der Waals surface area contributed by atoms with Gasteiger partial charge in [0.15, 0.2) is 0 Å². The standard InChI is InChI=1S/C62H43N2OP/c65-62(64-61(55-39-43-21-9-11-27-47(43)51-31-15-17-33-53(51)55)56-40-44-22-10-12-28-48(44)52-32-16-18-34-54(52)56)63-57-37-35-41-19-7-13-29-49(41)59(57)60-50-30-14-8-20-42(50)36-38-58(60)66(45-23-3-1-4-24-45)46-25-5-2-6-26-46/h1-40,61H,(H2,63,64,65). The Hall–Kier alpha value is -8.10. The number of carbonyl (C=O) groups is 1. The number of carbonyl (C=O) groups excluding carboxylic acids is 1. The second-order valence-electron chi connectivity index (χ2n) is 16.9. The average molecular weight is 863 g/mol. The van der Waals surface area contributed by atoms with E-state index < -0.39 is 14.0 Å². The lowest BCUT2D eigenvalue weighted by molar-refractivity contribution is 0.250. The third kappa shape index (κ3) is 6.93. The molecule has 0 unspecified atom stereocenters. The van der Waals surface area contributed by atoms with Crippen LogP contribution in [0.2, 0.25) is 0 Å². The van der Waals surface area contributed by atoms with Crippen LogP contribution in [0.4, 0.5) is 10.5 Å². The molecule has 2 N–H and O–H groups in total. The van der Waals surface area contributed by atoms with Crippen molar-refractivity contribution in [2.75, 3.05) is 5.32 Å². The molecule has 0 aromatic heterocycles. The summed E-state index contributed by atoms with van der Waals surface area (Å²) in [7, 11) is -1.02. The van der Waals surface area contributed by atoms with E-state index >= 15 is 4.79 Å². The van der Waals surface area contributed by atoms with Crippen molar-refractivity contribution in [2.45, 2.75) is 6.04 Å².